The fourth-order valence-corrected chi connectivity index (χ4v) is 5.41. The van der Waals surface area contributed by atoms with E-state index in [4.69, 9.17) is 11.8 Å². The maximum atomic E-state index is 13.2. The molecule has 1 aromatic heterocycles. The van der Waals surface area contributed by atoms with Crippen molar-refractivity contribution in [1.82, 2.24) is 14.3 Å². The molecule has 2 aliphatic rings. The van der Waals surface area contributed by atoms with Gasteiger partial charge in [-0.2, -0.15) is 0 Å². The Hall–Kier alpha value is -1.83. The molecule has 0 bridgehead atoms. The third-order valence-electron chi connectivity index (χ3n) is 5.23. The Balaban J connectivity index is 1.76. The van der Waals surface area contributed by atoms with E-state index in [9.17, 15) is 12.8 Å². The molecule has 3 heterocycles. The average Bonchev–Trinajstić information content (AvgIpc) is 3.01. The lowest BCUT2D eigenvalue weighted by Gasteiger charge is -2.25. The lowest BCUT2D eigenvalue weighted by atomic mass is 9.98. The second-order valence-electron chi connectivity index (χ2n) is 7.03. The van der Waals surface area contributed by atoms with Gasteiger partial charge in [-0.25, -0.2) is 12.8 Å². The molecular weight excluding hydrogens is 389 g/mol. The minimum absolute atomic E-state index is 0.0902. The van der Waals surface area contributed by atoms with Crippen molar-refractivity contribution in [3.8, 4) is 0 Å². The van der Waals surface area contributed by atoms with Crippen LogP contribution in [-0.2, 0) is 22.9 Å². The molecule has 1 saturated heterocycles. The minimum Gasteiger partial charge on any atom is -0.348 e. The molecule has 5 nitrogen and oxygen atoms in total. The highest BCUT2D eigenvalue weighted by Gasteiger charge is 2.29. The fourth-order valence-electron chi connectivity index (χ4n) is 3.75. The summed E-state index contributed by atoms with van der Waals surface area (Å²) in [6.07, 6.45) is 7.25. The van der Waals surface area contributed by atoms with Gasteiger partial charge in [0, 0.05) is 42.0 Å². The van der Waals surface area contributed by atoms with Crippen LogP contribution < -0.4 is 5.32 Å². The van der Waals surface area contributed by atoms with Crippen LogP contribution in [0.25, 0.3) is 6.08 Å². The van der Waals surface area contributed by atoms with E-state index in [1.165, 1.54) is 28.7 Å². The van der Waals surface area contributed by atoms with Gasteiger partial charge in [0.15, 0.2) is 0 Å². The summed E-state index contributed by atoms with van der Waals surface area (Å²) in [7, 11) is -3.75. The summed E-state index contributed by atoms with van der Waals surface area (Å²) in [5.41, 5.74) is 1.57. The first-order chi connectivity index (χ1) is 12.9. The molecule has 1 N–H and O–H groups in total. The first kappa shape index (κ1) is 18.5. The van der Waals surface area contributed by atoms with E-state index in [0.29, 0.717) is 18.0 Å². The number of rotatable bonds is 4. The van der Waals surface area contributed by atoms with Crippen LogP contribution in [0.2, 0.25) is 0 Å². The van der Waals surface area contributed by atoms with Gasteiger partial charge in [0.05, 0.1) is 16.3 Å². The van der Waals surface area contributed by atoms with Crippen molar-refractivity contribution in [1.29, 1.82) is 0 Å². The number of hydrogen-bond acceptors (Lipinski definition) is 4. The molecule has 2 aliphatic heterocycles. The molecule has 0 spiro atoms. The third kappa shape index (κ3) is 3.63. The molecule has 27 heavy (non-hydrogen) atoms. The standard InChI is InChI=1S/C19H21ClFN3O2S/c20-24-10-7-17-18(12-24)23(11-14-5-8-22-9-6-14)13-19(17)27(25,26)16-3-1-15(21)2-4-16/h1-4,7,10,13-14,22H,5-6,8-9,11-12H2. The summed E-state index contributed by atoms with van der Waals surface area (Å²) < 4.78 is 43.1. The van der Waals surface area contributed by atoms with Gasteiger partial charge in [0.1, 0.15) is 5.82 Å². The average molecular weight is 410 g/mol. The lowest BCUT2D eigenvalue weighted by molar-refractivity contribution is 0.327. The van der Waals surface area contributed by atoms with E-state index in [-0.39, 0.29) is 9.79 Å². The zero-order chi connectivity index (χ0) is 19.0. The molecule has 4 rings (SSSR count). The number of nitrogens with one attached hydrogen (secondary N) is 1. The number of benzene rings is 1. The van der Waals surface area contributed by atoms with Gasteiger partial charge in [0.25, 0.3) is 0 Å². The van der Waals surface area contributed by atoms with E-state index in [1.807, 2.05) is 4.57 Å². The molecule has 0 saturated carbocycles. The fraction of sp³-hybridized carbons (Fsp3) is 0.368. The Morgan fingerprint density at radius 2 is 1.89 bits per heavy atom. The molecule has 1 fully saturated rings. The predicted molar refractivity (Wildman–Crippen MR) is 102 cm³/mol. The first-order valence-electron chi connectivity index (χ1n) is 8.99. The number of nitrogens with zero attached hydrogens (tertiary/aromatic N) is 2. The van der Waals surface area contributed by atoms with Crippen LogP contribution in [0.5, 0.6) is 0 Å². The Morgan fingerprint density at radius 1 is 1.19 bits per heavy atom. The minimum atomic E-state index is -3.75. The van der Waals surface area contributed by atoms with E-state index < -0.39 is 15.7 Å². The molecule has 0 amide bonds. The zero-order valence-corrected chi connectivity index (χ0v) is 16.3. The van der Waals surface area contributed by atoms with Crippen molar-refractivity contribution in [3.63, 3.8) is 0 Å². The highest BCUT2D eigenvalue weighted by molar-refractivity contribution is 7.91. The van der Waals surface area contributed by atoms with Crippen molar-refractivity contribution < 1.29 is 12.8 Å². The number of hydrogen-bond donors (Lipinski definition) is 1. The third-order valence-corrected chi connectivity index (χ3v) is 7.26. The molecule has 2 aromatic rings. The molecular formula is C19H21ClFN3O2S. The first-order valence-corrected chi connectivity index (χ1v) is 10.8. The molecule has 0 atom stereocenters. The zero-order valence-electron chi connectivity index (χ0n) is 14.7. The van der Waals surface area contributed by atoms with Crippen LogP contribution >= 0.6 is 11.8 Å². The van der Waals surface area contributed by atoms with Crippen LogP contribution in [0.4, 0.5) is 4.39 Å². The number of sulfone groups is 1. The second kappa shape index (κ2) is 7.30. The van der Waals surface area contributed by atoms with E-state index in [0.717, 1.165) is 38.2 Å². The topological polar surface area (TPSA) is 54.3 Å². The summed E-state index contributed by atoms with van der Waals surface area (Å²) in [5.74, 6) is 0.0379. The van der Waals surface area contributed by atoms with Gasteiger partial charge in [-0.05, 0) is 62.2 Å². The summed E-state index contributed by atoms with van der Waals surface area (Å²) in [4.78, 5) is 0.339. The van der Waals surface area contributed by atoms with E-state index in [1.54, 1.807) is 18.5 Å². The van der Waals surface area contributed by atoms with Gasteiger partial charge in [0.2, 0.25) is 9.84 Å². The monoisotopic (exact) mass is 409 g/mol. The van der Waals surface area contributed by atoms with Crippen LogP contribution in [0, 0.1) is 11.7 Å². The van der Waals surface area contributed by atoms with E-state index in [2.05, 4.69) is 5.32 Å². The van der Waals surface area contributed by atoms with Gasteiger partial charge >= 0.3 is 0 Å². The number of fused-ring (bicyclic) bond motifs is 1. The highest BCUT2D eigenvalue weighted by atomic mass is 35.5. The van der Waals surface area contributed by atoms with Crippen LogP contribution in [0.1, 0.15) is 24.1 Å². The summed E-state index contributed by atoms with van der Waals surface area (Å²) in [6.45, 7) is 3.17. The lowest BCUT2D eigenvalue weighted by Crippen LogP contribution is -2.30. The van der Waals surface area contributed by atoms with Gasteiger partial charge in [-0.15, -0.1) is 0 Å². The smallest absolute Gasteiger partial charge is 0.208 e. The molecule has 0 radical (unpaired) electrons. The maximum Gasteiger partial charge on any atom is 0.208 e. The summed E-state index contributed by atoms with van der Waals surface area (Å²) in [5, 5.41) is 3.35. The van der Waals surface area contributed by atoms with Gasteiger partial charge in [-0.3, -0.25) is 4.42 Å². The predicted octanol–water partition coefficient (Wildman–Crippen LogP) is 3.40. The van der Waals surface area contributed by atoms with Crippen molar-refractivity contribution >= 4 is 27.7 Å². The molecule has 1 aromatic carbocycles. The Labute approximate surface area is 163 Å². The van der Waals surface area contributed by atoms with Crippen LogP contribution in [0.3, 0.4) is 0 Å². The van der Waals surface area contributed by atoms with Crippen molar-refractivity contribution in [2.75, 3.05) is 13.1 Å². The quantitative estimate of drug-likeness (QED) is 0.621. The van der Waals surface area contributed by atoms with Crippen LogP contribution in [-0.4, -0.2) is 30.5 Å². The number of halogens is 2. The molecule has 0 unspecified atom stereocenters. The Bertz CT molecular complexity index is 964. The van der Waals surface area contributed by atoms with E-state index >= 15 is 0 Å². The molecule has 0 aliphatic carbocycles. The Kier molecular flexibility index (Phi) is 5.01. The van der Waals surface area contributed by atoms with Crippen molar-refractivity contribution in [3.05, 3.63) is 53.7 Å². The van der Waals surface area contributed by atoms with Crippen LogP contribution in [0.15, 0.2) is 46.5 Å². The SMILES string of the molecule is O=S(=O)(c1ccc(F)cc1)c1cn(CC2CCNCC2)c2c1C=CN(Cl)C2. The molecule has 8 heteroatoms. The van der Waals surface area contributed by atoms with Crippen molar-refractivity contribution in [2.24, 2.45) is 5.92 Å². The Morgan fingerprint density at radius 3 is 2.59 bits per heavy atom. The maximum absolute atomic E-state index is 13.2. The second-order valence-corrected chi connectivity index (χ2v) is 9.38. The highest BCUT2D eigenvalue weighted by Crippen LogP contribution is 2.34. The number of piperidine rings is 1. The molecule has 144 valence electrons. The summed E-state index contributed by atoms with van der Waals surface area (Å²) >= 11 is 6.15. The van der Waals surface area contributed by atoms with Crippen molar-refractivity contribution in [2.45, 2.75) is 35.7 Å². The van der Waals surface area contributed by atoms with Gasteiger partial charge in [-0.1, -0.05) is 0 Å². The van der Waals surface area contributed by atoms with Gasteiger partial charge < -0.3 is 9.88 Å². The number of aromatic nitrogens is 1. The normalized spacial score (nSPS) is 17.9. The largest absolute Gasteiger partial charge is 0.348 e. The summed E-state index contributed by atoms with van der Waals surface area (Å²) in [6, 6.07) is 4.95.